The lowest BCUT2D eigenvalue weighted by atomic mass is 10.4. The van der Waals surface area contributed by atoms with Crippen LogP contribution in [0.15, 0.2) is 29.0 Å². The SMILES string of the molecule is CCc1cnc2ccc(Br)cn12. The fourth-order valence-corrected chi connectivity index (χ4v) is 1.60. The first-order chi connectivity index (χ1) is 5.81. The average molecular weight is 225 g/mol. The number of hydrogen-bond acceptors (Lipinski definition) is 1. The number of pyridine rings is 1. The molecule has 0 amide bonds. The summed E-state index contributed by atoms with van der Waals surface area (Å²) < 4.78 is 3.19. The second-order valence-electron chi connectivity index (χ2n) is 2.68. The van der Waals surface area contributed by atoms with E-state index in [1.807, 2.05) is 24.5 Å². The Bertz CT molecular complexity index is 406. The van der Waals surface area contributed by atoms with Gasteiger partial charge in [0.2, 0.25) is 0 Å². The molecule has 0 aliphatic heterocycles. The van der Waals surface area contributed by atoms with E-state index in [0.717, 1.165) is 16.5 Å². The number of aromatic nitrogens is 2. The van der Waals surface area contributed by atoms with Crippen molar-refractivity contribution < 1.29 is 0 Å². The molecule has 2 heterocycles. The summed E-state index contributed by atoms with van der Waals surface area (Å²) in [6.45, 7) is 2.13. The Kier molecular flexibility index (Phi) is 1.89. The molecule has 0 aliphatic carbocycles. The predicted molar refractivity (Wildman–Crippen MR) is 52.3 cm³/mol. The van der Waals surface area contributed by atoms with Crippen molar-refractivity contribution in [3.8, 4) is 0 Å². The molecule has 0 saturated carbocycles. The van der Waals surface area contributed by atoms with Crippen LogP contribution in [0.25, 0.3) is 5.65 Å². The number of rotatable bonds is 1. The number of nitrogens with zero attached hydrogens (tertiary/aromatic N) is 2. The van der Waals surface area contributed by atoms with Crippen LogP contribution in [0.1, 0.15) is 12.6 Å². The van der Waals surface area contributed by atoms with Crippen molar-refractivity contribution in [2.24, 2.45) is 0 Å². The summed E-state index contributed by atoms with van der Waals surface area (Å²) in [5.74, 6) is 0. The van der Waals surface area contributed by atoms with Gasteiger partial charge in [0.15, 0.2) is 0 Å². The van der Waals surface area contributed by atoms with Gasteiger partial charge in [0, 0.05) is 22.6 Å². The average Bonchev–Trinajstić information content (AvgIpc) is 2.46. The molecule has 2 nitrogen and oxygen atoms in total. The van der Waals surface area contributed by atoms with E-state index in [1.165, 1.54) is 5.69 Å². The van der Waals surface area contributed by atoms with Gasteiger partial charge in [-0.1, -0.05) is 6.92 Å². The normalized spacial score (nSPS) is 10.8. The van der Waals surface area contributed by atoms with Crippen molar-refractivity contribution in [1.82, 2.24) is 9.38 Å². The largest absolute Gasteiger partial charge is 0.303 e. The second-order valence-corrected chi connectivity index (χ2v) is 3.59. The molecular formula is C9H9BrN2. The van der Waals surface area contributed by atoms with E-state index < -0.39 is 0 Å². The van der Waals surface area contributed by atoms with Gasteiger partial charge < -0.3 is 4.40 Å². The molecule has 2 aromatic heterocycles. The molecule has 62 valence electrons. The maximum absolute atomic E-state index is 4.27. The summed E-state index contributed by atoms with van der Waals surface area (Å²) in [7, 11) is 0. The van der Waals surface area contributed by atoms with Crippen LogP contribution in [0.2, 0.25) is 0 Å². The topological polar surface area (TPSA) is 17.3 Å². The summed E-state index contributed by atoms with van der Waals surface area (Å²) in [5.41, 5.74) is 2.25. The van der Waals surface area contributed by atoms with Crippen molar-refractivity contribution in [2.75, 3.05) is 0 Å². The molecule has 3 heteroatoms. The van der Waals surface area contributed by atoms with Crippen molar-refractivity contribution in [2.45, 2.75) is 13.3 Å². The molecule has 12 heavy (non-hydrogen) atoms. The third-order valence-electron chi connectivity index (χ3n) is 1.91. The molecule has 2 rings (SSSR count). The van der Waals surface area contributed by atoms with Crippen LogP contribution in [-0.4, -0.2) is 9.38 Å². The molecule has 0 atom stereocenters. The van der Waals surface area contributed by atoms with Crippen molar-refractivity contribution >= 4 is 21.6 Å². The molecule has 0 N–H and O–H groups in total. The highest BCUT2D eigenvalue weighted by atomic mass is 79.9. The van der Waals surface area contributed by atoms with E-state index in [1.54, 1.807) is 0 Å². The number of aryl methyl sites for hydroxylation is 1. The fourth-order valence-electron chi connectivity index (χ4n) is 1.27. The summed E-state index contributed by atoms with van der Waals surface area (Å²) in [6.07, 6.45) is 4.97. The molecule has 0 aromatic carbocycles. The van der Waals surface area contributed by atoms with Crippen LogP contribution in [-0.2, 0) is 6.42 Å². The van der Waals surface area contributed by atoms with Gasteiger partial charge in [-0.2, -0.15) is 0 Å². The number of hydrogen-bond donors (Lipinski definition) is 0. The molecular weight excluding hydrogens is 216 g/mol. The summed E-state index contributed by atoms with van der Waals surface area (Å²) >= 11 is 3.43. The number of halogens is 1. The van der Waals surface area contributed by atoms with Crippen LogP contribution in [0.4, 0.5) is 0 Å². The highest BCUT2D eigenvalue weighted by Gasteiger charge is 1.99. The van der Waals surface area contributed by atoms with Crippen LogP contribution in [0, 0.1) is 0 Å². The minimum Gasteiger partial charge on any atom is -0.303 e. The van der Waals surface area contributed by atoms with Gasteiger partial charge in [-0.3, -0.25) is 0 Å². The van der Waals surface area contributed by atoms with Gasteiger partial charge >= 0.3 is 0 Å². The first-order valence-electron chi connectivity index (χ1n) is 3.92. The Balaban J connectivity index is 2.75. The zero-order chi connectivity index (χ0) is 8.55. The lowest BCUT2D eigenvalue weighted by Crippen LogP contribution is -1.89. The number of imidazole rings is 1. The first kappa shape index (κ1) is 7.80. The van der Waals surface area contributed by atoms with E-state index in [-0.39, 0.29) is 0 Å². The highest BCUT2D eigenvalue weighted by molar-refractivity contribution is 9.10. The van der Waals surface area contributed by atoms with Gasteiger partial charge in [-0.25, -0.2) is 4.98 Å². The van der Waals surface area contributed by atoms with Crippen LogP contribution >= 0.6 is 15.9 Å². The predicted octanol–water partition coefficient (Wildman–Crippen LogP) is 2.66. The first-order valence-corrected chi connectivity index (χ1v) is 4.72. The van der Waals surface area contributed by atoms with Crippen molar-refractivity contribution in [1.29, 1.82) is 0 Å². The van der Waals surface area contributed by atoms with Gasteiger partial charge in [-0.05, 0) is 34.5 Å². The Morgan fingerprint density at radius 3 is 3.08 bits per heavy atom. The molecule has 2 aromatic rings. The fraction of sp³-hybridized carbons (Fsp3) is 0.222. The van der Waals surface area contributed by atoms with Gasteiger partial charge in [-0.15, -0.1) is 0 Å². The Hall–Kier alpha value is -0.830. The molecule has 0 unspecified atom stereocenters. The molecule has 0 radical (unpaired) electrons. The standard InChI is InChI=1S/C9H9BrN2/c1-2-8-5-11-9-4-3-7(10)6-12(8)9/h3-6H,2H2,1H3. The van der Waals surface area contributed by atoms with Crippen molar-refractivity contribution in [3.63, 3.8) is 0 Å². The van der Waals surface area contributed by atoms with Gasteiger partial charge in [0.25, 0.3) is 0 Å². The molecule has 0 saturated heterocycles. The van der Waals surface area contributed by atoms with Crippen LogP contribution in [0.3, 0.4) is 0 Å². The molecule has 0 bridgehead atoms. The minimum absolute atomic E-state index is 1.01. The van der Waals surface area contributed by atoms with E-state index in [4.69, 9.17) is 0 Å². The molecule has 0 spiro atoms. The third-order valence-corrected chi connectivity index (χ3v) is 2.38. The van der Waals surface area contributed by atoms with E-state index in [9.17, 15) is 0 Å². The quantitative estimate of drug-likeness (QED) is 0.729. The van der Waals surface area contributed by atoms with Gasteiger partial charge in [0.1, 0.15) is 5.65 Å². The van der Waals surface area contributed by atoms with Gasteiger partial charge in [0.05, 0.1) is 0 Å². The summed E-state index contributed by atoms with van der Waals surface area (Å²) in [6, 6.07) is 4.00. The summed E-state index contributed by atoms with van der Waals surface area (Å²) in [4.78, 5) is 4.27. The smallest absolute Gasteiger partial charge is 0.136 e. The lowest BCUT2D eigenvalue weighted by Gasteiger charge is -1.97. The third kappa shape index (κ3) is 1.14. The zero-order valence-corrected chi connectivity index (χ0v) is 8.37. The maximum Gasteiger partial charge on any atom is 0.136 e. The summed E-state index contributed by atoms with van der Waals surface area (Å²) in [5, 5.41) is 0. The van der Waals surface area contributed by atoms with Crippen LogP contribution in [0.5, 0.6) is 0 Å². The van der Waals surface area contributed by atoms with E-state index in [2.05, 4.69) is 32.2 Å². The van der Waals surface area contributed by atoms with Crippen LogP contribution < -0.4 is 0 Å². The van der Waals surface area contributed by atoms with E-state index in [0.29, 0.717) is 0 Å². The Morgan fingerprint density at radius 2 is 2.33 bits per heavy atom. The minimum atomic E-state index is 1.01. The molecule has 0 fully saturated rings. The highest BCUT2D eigenvalue weighted by Crippen LogP contribution is 2.13. The zero-order valence-electron chi connectivity index (χ0n) is 6.79. The maximum atomic E-state index is 4.27. The monoisotopic (exact) mass is 224 g/mol. The second kappa shape index (κ2) is 2.90. The number of fused-ring (bicyclic) bond motifs is 1. The van der Waals surface area contributed by atoms with Crippen molar-refractivity contribution in [3.05, 3.63) is 34.7 Å². The Labute approximate surface area is 79.4 Å². The lowest BCUT2D eigenvalue weighted by molar-refractivity contribution is 0.992. The van der Waals surface area contributed by atoms with E-state index >= 15 is 0 Å². The molecule has 0 aliphatic rings. The Morgan fingerprint density at radius 1 is 1.50 bits per heavy atom.